The first-order valence-electron chi connectivity index (χ1n) is 10.1. The molecular formula is C21H23F2N5O2. The van der Waals surface area contributed by atoms with E-state index in [1.54, 1.807) is 0 Å². The Morgan fingerprint density at radius 3 is 2.47 bits per heavy atom. The molecule has 5 rings (SSSR count). The van der Waals surface area contributed by atoms with Crippen LogP contribution in [0.4, 0.5) is 14.5 Å². The predicted molar refractivity (Wildman–Crippen MR) is 104 cm³/mol. The van der Waals surface area contributed by atoms with Crippen molar-refractivity contribution in [1.82, 2.24) is 14.8 Å². The van der Waals surface area contributed by atoms with Crippen LogP contribution in [0.3, 0.4) is 0 Å². The molecule has 158 valence electrons. The van der Waals surface area contributed by atoms with E-state index in [0.717, 1.165) is 6.92 Å². The number of fused-ring (bicyclic) bond motifs is 1. The minimum Gasteiger partial charge on any atom is -0.364 e. The Bertz CT molecular complexity index is 1060. The largest absolute Gasteiger partial charge is 0.364 e. The molecule has 0 aliphatic heterocycles. The summed E-state index contributed by atoms with van der Waals surface area (Å²) >= 11 is 0. The van der Waals surface area contributed by atoms with Crippen LogP contribution in [0.15, 0.2) is 18.3 Å². The Morgan fingerprint density at radius 2 is 1.93 bits per heavy atom. The monoisotopic (exact) mass is 415 g/mol. The SMILES string of the molecule is Cc1c(C(C)(F)F)nn(CC2C3(CC3)C23CC3)c1C(=O)Nc1ccnc(C(N)=O)c1. The number of halogens is 2. The van der Waals surface area contributed by atoms with Crippen LogP contribution in [0.5, 0.6) is 0 Å². The lowest BCUT2D eigenvalue weighted by atomic mass is 10.1. The van der Waals surface area contributed by atoms with Crippen molar-refractivity contribution in [2.75, 3.05) is 5.32 Å². The summed E-state index contributed by atoms with van der Waals surface area (Å²) in [4.78, 5) is 28.3. The fourth-order valence-electron chi connectivity index (χ4n) is 5.55. The highest BCUT2D eigenvalue weighted by molar-refractivity contribution is 6.04. The van der Waals surface area contributed by atoms with E-state index in [1.165, 1.54) is 55.6 Å². The standard InChI is InChI=1S/C21H23F2N5O2/c1-11-15(18(30)26-12-3-8-25-13(9-12)17(24)29)28(27-16(11)19(2,22)23)10-14-20(4-5-20)21(14)6-7-21/h3,8-9,14H,4-7,10H2,1-2H3,(H2,24,29)(H,25,26,30). The number of alkyl halides is 2. The number of hydrogen-bond donors (Lipinski definition) is 2. The Balaban J connectivity index is 1.47. The van der Waals surface area contributed by atoms with Gasteiger partial charge >= 0.3 is 0 Å². The van der Waals surface area contributed by atoms with Crippen molar-refractivity contribution in [3.63, 3.8) is 0 Å². The second-order valence-electron chi connectivity index (χ2n) is 9.01. The second kappa shape index (κ2) is 5.86. The molecule has 3 saturated carbocycles. The maximum Gasteiger partial charge on any atom is 0.289 e. The van der Waals surface area contributed by atoms with Crippen LogP contribution in [0.25, 0.3) is 0 Å². The molecule has 30 heavy (non-hydrogen) atoms. The van der Waals surface area contributed by atoms with Gasteiger partial charge in [0.25, 0.3) is 17.7 Å². The third kappa shape index (κ3) is 2.67. The lowest BCUT2D eigenvalue weighted by Gasteiger charge is -2.10. The Kier molecular flexibility index (Phi) is 3.74. The summed E-state index contributed by atoms with van der Waals surface area (Å²) in [6.45, 7) is 2.76. The third-order valence-electron chi connectivity index (χ3n) is 7.27. The molecule has 2 amide bonds. The van der Waals surface area contributed by atoms with Crippen LogP contribution >= 0.6 is 0 Å². The van der Waals surface area contributed by atoms with Gasteiger partial charge in [0.05, 0.1) is 0 Å². The predicted octanol–water partition coefficient (Wildman–Crippen LogP) is 3.24. The molecule has 2 aromatic heterocycles. The first kappa shape index (κ1) is 19.1. The molecule has 0 unspecified atom stereocenters. The topological polar surface area (TPSA) is 103 Å². The average Bonchev–Trinajstić information content (AvgIpc) is 3.59. The van der Waals surface area contributed by atoms with E-state index >= 15 is 0 Å². The molecular weight excluding hydrogens is 392 g/mol. The van der Waals surface area contributed by atoms with Gasteiger partial charge in [-0.25, -0.2) is 0 Å². The van der Waals surface area contributed by atoms with Gasteiger partial charge in [-0.1, -0.05) is 0 Å². The van der Waals surface area contributed by atoms with Gasteiger partial charge in [0.2, 0.25) is 0 Å². The van der Waals surface area contributed by atoms with Crippen LogP contribution in [0.1, 0.15) is 64.8 Å². The number of carbonyl (C=O) groups is 2. The van der Waals surface area contributed by atoms with Crippen molar-refractivity contribution in [3.05, 3.63) is 41.0 Å². The quantitative estimate of drug-likeness (QED) is 0.756. The fraction of sp³-hybridized carbons (Fsp3) is 0.524. The number of anilines is 1. The molecule has 2 heterocycles. The van der Waals surface area contributed by atoms with Crippen LogP contribution in [-0.2, 0) is 12.5 Å². The van der Waals surface area contributed by atoms with Gasteiger partial charge in [-0.15, -0.1) is 0 Å². The van der Waals surface area contributed by atoms with Gasteiger partial charge in [-0.3, -0.25) is 19.3 Å². The van der Waals surface area contributed by atoms with Gasteiger partial charge in [0, 0.05) is 30.9 Å². The molecule has 0 saturated heterocycles. The smallest absolute Gasteiger partial charge is 0.289 e. The summed E-state index contributed by atoms with van der Waals surface area (Å²) in [6, 6.07) is 2.86. The number of nitrogens with one attached hydrogen (secondary N) is 1. The van der Waals surface area contributed by atoms with E-state index in [2.05, 4.69) is 15.4 Å². The molecule has 9 heteroatoms. The summed E-state index contributed by atoms with van der Waals surface area (Å²) in [5, 5.41) is 6.85. The molecule has 2 aromatic rings. The van der Waals surface area contributed by atoms with Crippen molar-refractivity contribution < 1.29 is 18.4 Å². The Hall–Kier alpha value is -2.84. The van der Waals surface area contributed by atoms with Crippen LogP contribution in [0, 0.1) is 23.7 Å². The summed E-state index contributed by atoms with van der Waals surface area (Å²) < 4.78 is 29.8. The average molecular weight is 415 g/mol. The number of nitrogens with zero attached hydrogens (tertiary/aromatic N) is 3. The number of primary amides is 1. The van der Waals surface area contributed by atoms with Crippen molar-refractivity contribution in [2.24, 2.45) is 22.5 Å². The van der Waals surface area contributed by atoms with Crippen molar-refractivity contribution in [2.45, 2.75) is 52.0 Å². The van der Waals surface area contributed by atoms with Gasteiger partial charge in [-0.05, 0) is 61.5 Å². The van der Waals surface area contributed by atoms with Crippen LogP contribution in [0.2, 0.25) is 0 Å². The van der Waals surface area contributed by atoms with E-state index in [9.17, 15) is 18.4 Å². The normalized spacial score (nSPS) is 20.4. The molecule has 7 nitrogen and oxygen atoms in total. The van der Waals surface area contributed by atoms with E-state index < -0.39 is 17.7 Å². The lowest BCUT2D eigenvalue weighted by molar-refractivity contribution is 0.0114. The number of pyridine rings is 1. The molecule has 0 atom stereocenters. The van der Waals surface area contributed by atoms with E-state index in [-0.39, 0.29) is 22.6 Å². The Morgan fingerprint density at radius 1 is 1.30 bits per heavy atom. The number of aromatic nitrogens is 3. The summed E-state index contributed by atoms with van der Waals surface area (Å²) in [7, 11) is 0. The molecule has 3 N–H and O–H groups in total. The van der Waals surface area contributed by atoms with Gasteiger partial charge in [-0.2, -0.15) is 13.9 Å². The zero-order chi connectivity index (χ0) is 21.5. The van der Waals surface area contributed by atoms with Crippen molar-refractivity contribution in [1.29, 1.82) is 0 Å². The molecule has 2 spiro atoms. The highest BCUT2D eigenvalue weighted by Gasteiger charge is 2.86. The number of rotatable bonds is 6. The lowest BCUT2D eigenvalue weighted by Crippen LogP contribution is -2.20. The number of carbonyl (C=O) groups excluding carboxylic acids is 2. The third-order valence-corrected chi connectivity index (χ3v) is 7.27. The summed E-state index contributed by atoms with van der Waals surface area (Å²) in [5.74, 6) is -4.03. The minimum atomic E-state index is -3.15. The Labute approximate surface area is 172 Å². The first-order chi connectivity index (χ1) is 14.1. The van der Waals surface area contributed by atoms with Gasteiger partial charge in [0.15, 0.2) is 0 Å². The summed E-state index contributed by atoms with van der Waals surface area (Å²) in [6.07, 6.45) is 6.09. The first-order valence-corrected chi connectivity index (χ1v) is 10.1. The van der Waals surface area contributed by atoms with Crippen LogP contribution in [-0.4, -0.2) is 26.6 Å². The number of amides is 2. The van der Waals surface area contributed by atoms with E-state index in [4.69, 9.17) is 5.73 Å². The van der Waals surface area contributed by atoms with Crippen LogP contribution < -0.4 is 11.1 Å². The molecule has 0 aromatic carbocycles. The van der Waals surface area contributed by atoms with Gasteiger partial charge in [0.1, 0.15) is 17.1 Å². The summed E-state index contributed by atoms with van der Waals surface area (Å²) in [5.41, 5.74) is 6.18. The highest BCUT2D eigenvalue weighted by Crippen LogP contribution is 2.92. The molecule has 3 aliphatic rings. The molecule has 3 aliphatic carbocycles. The second-order valence-corrected chi connectivity index (χ2v) is 9.01. The van der Waals surface area contributed by atoms with Crippen molar-refractivity contribution >= 4 is 17.5 Å². The zero-order valence-electron chi connectivity index (χ0n) is 16.8. The van der Waals surface area contributed by atoms with Gasteiger partial charge < -0.3 is 11.1 Å². The maximum absolute atomic E-state index is 14.2. The van der Waals surface area contributed by atoms with E-state index in [0.29, 0.717) is 29.0 Å². The van der Waals surface area contributed by atoms with E-state index in [1.807, 2.05) is 0 Å². The molecule has 0 radical (unpaired) electrons. The van der Waals surface area contributed by atoms with Crippen molar-refractivity contribution in [3.8, 4) is 0 Å². The maximum atomic E-state index is 14.2. The zero-order valence-corrected chi connectivity index (χ0v) is 16.8. The number of nitrogens with two attached hydrogens (primary N) is 1. The minimum absolute atomic E-state index is 0.00291. The molecule has 3 fully saturated rings. The molecule has 0 bridgehead atoms. The fourth-order valence-corrected chi connectivity index (χ4v) is 5.55. The number of hydrogen-bond acceptors (Lipinski definition) is 4. The highest BCUT2D eigenvalue weighted by atomic mass is 19.3.